The Kier molecular flexibility index (Phi) is 4.34. The van der Waals surface area contributed by atoms with Crippen LogP contribution in [-0.4, -0.2) is 9.85 Å². The van der Waals surface area contributed by atoms with Crippen LogP contribution in [-0.2, 0) is 6.61 Å². The van der Waals surface area contributed by atoms with Gasteiger partial charge in [0, 0.05) is 6.07 Å². The van der Waals surface area contributed by atoms with Gasteiger partial charge in [0.25, 0.3) is 5.69 Å². The summed E-state index contributed by atoms with van der Waals surface area (Å²) < 4.78 is 5.35. The van der Waals surface area contributed by atoms with E-state index in [4.69, 9.17) is 16.3 Å². The molecule has 8 heteroatoms. The van der Waals surface area contributed by atoms with Gasteiger partial charge in [-0.2, -0.15) is 0 Å². The van der Waals surface area contributed by atoms with Crippen LogP contribution in [0.2, 0.25) is 5.02 Å². The molecule has 0 heterocycles. The van der Waals surface area contributed by atoms with Crippen LogP contribution in [0, 0.1) is 20.2 Å². The van der Waals surface area contributed by atoms with Crippen LogP contribution in [0.25, 0.3) is 0 Å². The maximum Gasteiger partial charge on any atom is 0.317 e. The fraction of sp³-hybridized carbons (Fsp3) is 0.0769. The fourth-order valence-corrected chi connectivity index (χ4v) is 1.89. The molecule has 0 aliphatic rings. The Balaban J connectivity index is 2.32. The topological polar surface area (TPSA) is 95.5 Å². The molecular weight excluding hydrogens is 300 g/mol. The lowest BCUT2D eigenvalue weighted by Gasteiger charge is -2.07. The van der Waals surface area contributed by atoms with E-state index in [2.05, 4.69) is 0 Å². The predicted molar refractivity (Wildman–Crippen MR) is 75.5 cm³/mol. The largest absolute Gasteiger partial charge is 0.482 e. The summed E-state index contributed by atoms with van der Waals surface area (Å²) in [5.74, 6) is -0.112. The van der Waals surface area contributed by atoms with Crippen molar-refractivity contribution in [3.05, 3.63) is 73.3 Å². The first kappa shape index (κ1) is 14.7. The highest BCUT2D eigenvalue weighted by Gasteiger charge is 2.24. The van der Waals surface area contributed by atoms with Gasteiger partial charge in [0.15, 0.2) is 5.75 Å². The Morgan fingerprint density at radius 3 is 2.19 bits per heavy atom. The summed E-state index contributed by atoms with van der Waals surface area (Å²) in [6.45, 7) is 0.0931. The van der Waals surface area contributed by atoms with Crippen molar-refractivity contribution in [1.29, 1.82) is 0 Å². The number of nitro groups is 2. The van der Waals surface area contributed by atoms with Crippen molar-refractivity contribution in [3.63, 3.8) is 0 Å². The van der Waals surface area contributed by atoms with Crippen LogP contribution in [0.5, 0.6) is 5.75 Å². The van der Waals surface area contributed by atoms with Gasteiger partial charge in [0.05, 0.1) is 15.9 Å². The van der Waals surface area contributed by atoms with Gasteiger partial charge in [-0.05, 0) is 5.56 Å². The maximum atomic E-state index is 11.0. The molecule has 2 rings (SSSR count). The van der Waals surface area contributed by atoms with E-state index in [1.807, 2.05) is 6.07 Å². The normalized spacial score (nSPS) is 10.1. The summed E-state index contributed by atoms with van der Waals surface area (Å²) in [6, 6.07) is 10.9. The molecule has 0 radical (unpaired) electrons. The van der Waals surface area contributed by atoms with Crippen molar-refractivity contribution < 1.29 is 14.6 Å². The van der Waals surface area contributed by atoms with Crippen molar-refractivity contribution in [2.24, 2.45) is 0 Å². The van der Waals surface area contributed by atoms with Gasteiger partial charge in [0.2, 0.25) is 0 Å². The Labute approximate surface area is 124 Å². The van der Waals surface area contributed by atoms with Crippen molar-refractivity contribution in [3.8, 4) is 5.75 Å². The lowest BCUT2D eigenvalue weighted by Crippen LogP contribution is -2.00. The van der Waals surface area contributed by atoms with Gasteiger partial charge in [-0.1, -0.05) is 41.9 Å². The third kappa shape index (κ3) is 3.46. The molecule has 0 atom stereocenters. The molecule has 2 aromatic carbocycles. The van der Waals surface area contributed by atoms with Gasteiger partial charge in [0.1, 0.15) is 11.6 Å². The minimum Gasteiger partial charge on any atom is -0.482 e. The molecule has 0 aliphatic carbocycles. The molecule has 0 saturated heterocycles. The molecule has 2 aromatic rings. The van der Waals surface area contributed by atoms with Crippen LogP contribution < -0.4 is 4.74 Å². The number of benzene rings is 2. The standard InChI is InChI=1S/C13H9ClN2O5/c14-10-6-13(21-8-9-4-2-1-3-5-9)12(16(19)20)7-11(10)15(17)18/h1-7H,8H2. The van der Waals surface area contributed by atoms with Crippen LogP contribution in [0.15, 0.2) is 42.5 Å². The summed E-state index contributed by atoms with van der Waals surface area (Å²) >= 11 is 5.74. The van der Waals surface area contributed by atoms with E-state index in [0.717, 1.165) is 17.7 Å². The van der Waals surface area contributed by atoms with Gasteiger partial charge in [-0.15, -0.1) is 0 Å². The van der Waals surface area contributed by atoms with Crippen LogP contribution in [0.4, 0.5) is 11.4 Å². The number of rotatable bonds is 5. The summed E-state index contributed by atoms with van der Waals surface area (Å²) in [5, 5.41) is 21.5. The molecule has 0 spiro atoms. The summed E-state index contributed by atoms with van der Waals surface area (Å²) in [7, 11) is 0. The lowest BCUT2D eigenvalue weighted by molar-refractivity contribution is -0.394. The second kappa shape index (κ2) is 6.19. The molecule has 0 amide bonds. The maximum absolute atomic E-state index is 11.0. The molecule has 108 valence electrons. The van der Waals surface area contributed by atoms with Gasteiger partial charge >= 0.3 is 5.69 Å². The smallest absolute Gasteiger partial charge is 0.317 e. The lowest BCUT2D eigenvalue weighted by atomic mass is 10.2. The molecule has 21 heavy (non-hydrogen) atoms. The summed E-state index contributed by atoms with van der Waals surface area (Å²) in [5.41, 5.74) is -0.223. The Morgan fingerprint density at radius 1 is 1.00 bits per heavy atom. The number of nitro benzene ring substituents is 2. The molecule has 7 nitrogen and oxygen atoms in total. The Bertz CT molecular complexity index is 690. The third-order valence-corrected chi connectivity index (χ3v) is 2.96. The molecule has 0 aliphatic heterocycles. The first-order valence-electron chi connectivity index (χ1n) is 5.78. The first-order chi connectivity index (χ1) is 9.99. The third-order valence-electron chi connectivity index (χ3n) is 2.66. The number of halogens is 1. The van der Waals surface area contributed by atoms with E-state index < -0.39 is 21.2 Å². The SMILES string of the molecule is O=[N+]([O-])c1cc([N+](=O)[O-])c(OCc2ccccc2)cc1Cl. The number of ether oxygens (including phenoxy) is 1. The van der Waals surface area contributed by atoms with E-state index in [-0.39, 0.29) is 17.4 Å². The number of hydrogen-bond acceptors (Lipinski definition) is 5. The number of hydrogen-bond donors (Lipinski definition) is 0. The highest BCUT2D eigenvalue weighted by Crippen LogP contribution is 2.37. The molecule has 0 saturated carbocycles. The zero-order chi connectivity index (χ0) is 15.4. The van der Waals surface area contributed by atoms with E-state index in [9.17, 15) is 20.2 Å². The molecule has 0 unspecified atom stereocenters. The zero-order valence-corrected chi connectivity index (χ0v) is 11.3. The second-order valence-electron chi connectivity index (χ2n) is 4.06. The van der Waals surface area contributed by atoms with Gasteiger partial charge in [-0.25, -0.2) is 0 Å². The molecule has 0 aromatic heterocycles. The molecule has 0 fully saturated rings. The van der Waals surface area contributed by atoms with Crippen molar-refractivity contribution in [1.82, 2.24) is 0 Å². The van der Waals surface area contributed by atoms with Crippen LogP contribution >= 0.6 is 11.6 Å². The zero-order valence-electron chi connectivity index (χ0n) is 10.6. The van der Waals surface area contributed by atoms with Crippen molar-refractivity contribution >= 4 is 23.0 Å². The average Bonchev–Trinajstić information content (AvgIpc) is 2.45. The Morgan fingerprint density at radius 2 is 1.62 bits per heavy atom. The van der Waals surface area contributed by atoms with Gasteiger partial charge < -0.3 is 4.74 Å². The quantitative estimate of drug-likeness (QED) is 0.619. The van der Waals surface area contributed by atoms with Crippen molar-refractivity contribution in [2.75, 3.05) is 0 Å². The Hall–Kier alpha value is -2.67. The first-order valence-corrected chi connectivity index (χ1v) is 6.16. The summed E-state index contributed by atoms with van der Waals surface area (Å²) in [6.07, 6.45) is 0. The van der Waals surface area contributed by atoms with E-state index in [0.29, 0.717) is 0 Å². The monoisotopic (exact) mass is 308 g/mol. The van der Waals surface area contributed by atoms with Gasteiger partial charge in [-0.3, -0.25) is 20.2 Å². The molecular formula is C13H9ClN2O5. The van der Waals surface area contributed by atoms with E-state index in [1.165, 1.54) is 0 Å². The minimum absolute atomic E-state index is 0.0931. The molecule has 0 N–H and O–H groups in total. The highest BCUT2D eigenvalue weighted by atomic mass is 35.5. The predicted octanol–water partition coefficient (Wildman–Crippen LogP) is 3.74. The van der Waals surface area contributed by atoms with E-state index in [1.54, 1.807) is 24.3 Å². The van der Waals surface area contributed by atoms with Crippen LogP contribution in [0.3, 0.4) is 0 Å². The van der Waals surface area contributed by atoms with E-state index >= 15 is 0 Å². The summed E-state index contributed by atoms with van der Waals surface area (Å²) in [4.78, 5) is 20.2. The highest BCUT2D eigenvalue weighted by molar-refractivity contribution is 6.32. The van der Waals surface area contributed by atoms with Crippen LogP contribution in [0.1, 0.15) is 5.56 Å². The van der Waals surface area contributed by atoms with Crippen molar-refractivity contribution in [2.45, 2.75) is 6.61 Å². The average molecular weight is 309 g/mol. The number of nitrogens with zero attached hydrogens (tertiary/aromatic N) is 2. The second-order valence-corrected chi connectivity index (χ2v) is 4.47. The minimum atomic E-state index is -0.781. The fourth-order valence-electron chi connectivity index (χ4n) is 1.67. The molecule has 0 bridgehead atoms.